The number of anilines is 1. The zero-order chi connectivity index (χ0) is 13.8. The average molecular weight is 259 g/mol. The summed E-state index contributed by atoms with van der Waals surface area (Å²) in [7, 11) is 1.85. The number of aromatic nitrogens is 1. The van der Waals surface area contributed by atoms with Crippen LogP contribution in [0, 0.1) is 5.82 Å². The first-order valence-corrected chi connectivity index (χ1v) is 5.77. The van der Waals surface area contributed by atoms with Gasteiger partial charge in [0.1, 0.15) is 11.5 Å². The standard InChI is InChI=1S/C14H14FN3O/c1-18(9-10-3-2-4-11(15)7-10)12-5-6-17-13(8-12)14(16)19/h2-8H,9H2,1H3,(H2,16,19). The van der Waals surface area contributed by atoms with Crippen LogP contribution in [0.5, 0.6) is 0 Å². The molecule has 2 rings (SSSR count). The minimum absolute atomic E-state index is 0.212. The first-order chi connectivity index (χ1) is 9.06. The van der Waals surface area contributed by atoms with Gasteiger partial charge in [-0.25, -0.2) is 4.39 Å². The summed E-state index contributed by atoms with van der Waals surface area (Å²) in [6, 6.07) is 9.77. The number of carbonyl (C=O) groups excluding carboxylic acids is 1. The molecule has 5 heteroatoms. The van der Waals surface area contributed by atoms with Crippen molar-refractivity contribution < 1.29 is 9.18 Å². The highest BCUT2D eigenvalue weighted by molar-refractivity contribution is 5.91. The normalized spacial score (nSPS) is 10.2. The molecule has 0 saturated heterocycles. The van der Waals surface area contributed by atoms with Crippen molar-refractivity contribution in [3.8, 4) is 0 Å². The van der Waals surface area contributed by atoms with Crippen LogP contribution in [0.4, 0.5) is 10.1 Å². The minimum atomic E-state index is -0.569. The lowest BCUT2D eigenvalue weighted by atomic mass is 10.2. The second-order valence-corrected chi connectivity index (χ2v) is 4.25. The Morgan fingerprint density at radius 2 is 2.16 bits per heavy atom. The molecule has 0 unspecified atom stereocenters. The van der Waals surface area contributed by atoms with Crippen molar-refractivity contribution in [3.05, 3.63) is 59.7 Å². The van der Waals surface area contributed by atoms with E-state index in [2.05, 4.69) is 4.98 Å². The smallest absolute Gasteiger partial charge is 0.267 e. The Morgan fingerprint density at radius 3 is 2.84 bits per heavy atom. The van der Waals surface area contributed by atoms with Gasteiger partial charge in [0.15, 0.2) is 0 Å². The third-order valence-corrected chi connectivity index (χ3v) is 2.75. The van der Waals surface area contributed by atoms with Gasteiger partial charge in [0.25, 0.3) is 5.91 Å². The molecule has 4 nitrogen and oxygen atoms in total. The topological polar surface area (TPSA) is 59.2 Å². The third kappa shape index (κ3) is 3.28. The lowest BCUT2D eigenvalue weighted by Crippen LogP contribution is -2.18. The second-order valence-electron chi connectivity index (χ2n) is 4.25. The van der Waals surface area contributed by atoms with Crippen LogP contribution >= 0.6 is 0 Å². The number of pyridine rings is 1. The summed E-state index contributed by atoms with van der Waals surface area (Å²) in [5.74, 6) is -0.834. The minimum Gasteiger partial charge on any atom is -0.370 e. The number of hydrogen-bond acceptors (Lipinski definition) is 3. The van der Waals surface area contributed by atoms with E-state index in [0.717, 1.165) is 11.3 Å². The van der Waals surface area contributed by atoms with E-state index in [4.69, 9.17) is 5.73 Å². The van der Waals surface area contributed by atoms with Crippen LogP contribution in [0.25, 0.3) is 0 Å². The second kappa shape index (κ2) is 5.48. The summed E-state index contributed by atoms with van der Waals surface area (Å²) in [5.41, 5.74) is 7.04. The first-order valence-electron chi connectivity index (χ1n) is 5.77. The quantitative estimate of drug-likeness (QED) is 0.913. The van der Waals surface area contributed by atoms with E-state index >= 15 is 0 Å². The molecule has 1 aromatic carbocycles. The highest BCUT2D eigenvalue weighted by atomic mass is 19.1. The maximum absolute atomic E-state index is 13.1. The fourth-order valence-corrected chi connectivity index (χ4v) is 1.79. The Bertz CT molecular complexity index is 601. The van der Waals surface area contributed by atoms with Gasteiger partial charge in [0.2, 0.25) is 0 Å². The van der Waals surface area contributed by atoms with Gasteiger partial charge in [-0.1, -0.05) is 12.1 Å². The van der Waals surface area contributed by atoms with Crippen LogP contribution in [-0.2, 0) is 6.54 Å². The number of benzene rings is 1. The molecule has 0 aliphatic heterocycles. The van der Waals surface area contributed by atoms with Gasteiger partial charge >= 0.3 is 0 Å². The lowest BCUT2D eigenvalue weighted by Gasteiger charge is -2.19. The number of rotatable bonds is 4. The van der Waals surface area contributed by atoms with Crippen molar-refractivity contribution in [2.45, 2.75) is 6.54 Å². The maximum Gasteiger partial charge on any atom is 0.267 e. The third-order valence-electron chi connectivity index (χ3n) is 2.75. The molecule has 0 bridgehead atoms. The molecule has 0 aliphatic rings. The molecule has 98 valence electrons. The van der Waals surface area contributed by atoms with Gasteiger partial charge < -0.3 is 10.6 Å². The Labute approximate surface area is 110 Å². The number of hydrogen-bond donors (Lipinski definition) is 1. The molecule has 0 fully saturated rings. The predicted molar refractivity (Wildman–Crippen MR) is 71.3 cm³/mol. The first kappa shape index (κ1) is 13.0. The fraction of sp³-hybridized carbons (Fsp3) is 0.143. The van der Waals surface area contributed by atoms with Crippen LogP contribution in [0.1, 0.15) is 16.1 Å². The van der Waals surface area contributed by atoms with Crippen molar-refractivity contribution in [1.29, 1.82) is 0 Å². The predicted octanol–water partition coefficient (Wildman–Crippen LogP) is 1.96. The van der Waals surface area contributed by atoms with E-state index in [0.29, 0.717) is 6.54 Å². The van der Waals surface area contributed by atoms with E-state index in [-0.39, 0.29) is 11.5 Å². The number of carbonyl (C=O) groups is 1. The fourth-order valence-electron chi connectivity index (χ4n) is 1.79. The molecule has 1 heterocycles. The highest BCUT2D eigenvalue weighted by Gasteiger charge is 2.07. The molecular formula is C14H14FN3O. The van der Waals surface area contributed by atoms with E-state index in [1.165, 1.54) is 18.3 Å². The van der Waals surface area contributed by atoms with Crippen molar-refractivity contribution in [1.82, 2.24) is 4.98 Å². The van der Waals surface area contributed by atoms with E-state index in [9.17, 15) is 9.18 Å². The zero-order valence-corrected chi connectivity index (χ0v) is 10.5. The van der Waals surface area contributed by atoms with Gasteiger partial charge in [0.05, 0.1) is 0 Å². The number of primary amides is 1. The number of nitrogens with zero attached hydrogens (tertiary/aromatic N) is 2. The lowest BCUT2D eigenvalue weighted by molar-refractivity contribution is 0.0995. The van der Waals surface area contributed by atoms with Gasteiger partial charge in [-0.05, 0) is 29.8 Å². The molecule has 2 aromatic rings. The van der Waals surface area contributed by atoms with E-state index in [1.54, 1.807) is 18.2 Å². The van der Waals surface area contributed by atoms with E-state index in [1.807, 2.05) is 18.0 Å². The van der Waals surface area contributed by atoms with Gasteiger partial charge in [-0.15, -0.1) is 0 Å². The summed E-state index contributed by atoms with van der Waals surface area (Å²) in [6.07, 6.45) is 1.53. The molecule has 0 radical (unpaired) electrons. The molecule has 19 heavy (non-hydrogen) atoms. The van der Waals surface area contributed by atoms with Crippen LogP contribution in [0.2, 0.25) is 0 Å². The summed E-state index contributed by atoms with van der Waals surface area (Å²) in [4.78, 5) is 16.8. The molecule has 0 saturated carbocycles. The molecule has 1 amide bonds. The van der Waals surface area contributed by atoms with E-state index < -0.39 is 5.91 Å². The summed E-state index contributed by atoms with van der Waals surface area (Å²) < 4.78 is 13.1. The molecule has 1 aromatic heterocycles. The summed E-state index contributed by atoms with van der Waals surface area (Å²) in [6.45, 7) is 0.528. The summed E-state index contributed by atoms with van der Waals surface area (Å²) in [5, 5.41) is 0. The monoisotopic (exact) mass is 259 g/mol. The number of halogens is 1. The Morgan fingerprint density at radius 1 is 1.37 bits per heavy atom. The van der Waals surface area contributed by atoms with Crippen molar-refractivity contribution >= 4 is 11.6 Å². The Hall–Kier alpha value is -2.43. The Balaban J connectivity index is 2.18. The number of amides is 1. The van der Waals surface area contributed by atoms with Gasteiger partial charge in [-0.2, -0.15) is 0 Å². The van der Waals surface area contributed by atoms with Crippen LogP contribution in [-0.4, -0.2) is 17.9 Å². The molecule has 0 atom stereocenters. The van der Waals surface area contributed by atoms with Crippen molar-refractivity contribution in [2.75, 3.05) is 11.9 Å². The van der Waals surface area contributed by atoms with Crippen LogP contribution in [0.3, 0.4) is 0 Å². The molecule has 0 aliphatic carbocycles. The maximum atomic E-state index is 13.1. The molecule has 2 N–H and O–H groups in total. The Kier molecular flexibility index (Phi) is 3.75. The zero-order valence-electron chi connectivity index (χ0n) is 10.5. The largest absolute Gasteiger partial charge is 0.370 e. The summed E-state index contributed by atoms with van der Waals surface area (Å²) >= 11 is 0. The van der Waals surface area contributed by atoms with Crippen molar-refractivity contribution in [3.63, 3.8) is 0 Å². The SMILES string of the molecule is CN(Cc1cccc(F)c1)c1ccnc(C(N)=O)c1. The molecular weight excluding hydrogens is 245 g/mol. The van der Waals surface area contributed by atoms with Crippen LogP contribution in [0.15, 0.2) is 42.6 Å². The van der Waals surface area contributed by atoms with Crippen molar-refractivity contribution in [2.24, 2.45) is 5.73 Å². The number of nitrogens with two attached hydrogens (primary N) is 1. The average Bonchev–Trinajstić information content (AvgIpc) is 2.39. The van der Waals surface area contributed by atoms with Crippen LogP contribution < -0.4 is 10.6 Å². The highest BCUT2D eigenvalue weighted by Crippen LogP contribution is 2.16. The van der Waals surface area contributed by atoms with Gasteiger partial charge in [-0.3, -0.25) is 9.78 Å². The van der Waals surface area contributed by atoms with Gasteiger partial charge in [0, 0.05) is 25.5 Å². The molecule has 0 spiro atoms.